The number of rotatable bonds is 7. The molecule has 1 aliphatic heterocycles. The van der Waals surface area contributed by atoms with Crippen LogP contribution in [-0.2, 0) is 23.1 Å². The summed E-state index contributed by atoms with van der Waals surface area (Å²) in [4.78, 5) is 42.2. The molecule has 1 saturated heterocycles. The minimum Gasteiger partial charge on any atom is -0.344 e. The Morgan fingerprint density at radius 3 is 2.53 bits per heavy atom. The fourth-order valence-electron chi connectivity index (χ4n) is 4.89. The van der Waals surface area contributed by atoms with Gasteiger partial charge in [0.25, 0.3) is 5.91 Å². The van der Waals surface area contributed by atoms with Crippen molar-refractivity contribution in [2.45, 2.75) is 62.7 Å². The van der Waals surface area contributed by atoms with Crippen molar-refractivity contribution < 1.29 is 36.3 Å². The third-order valence-electron chi connectivity index (χ3n) is 7.02. The van der Waals surface area contributed by atoms with Crippen molar-refractivity contribution in [3.05, 3.63) is 41.9 Å². The van der Waals surface area contributed by atoms with E-state index in [0.29, 0.717) is 5.56 Å². The molecular weight excluding hydrogens is 515 g/mol. The van der Waals surface area contributed by atoms with Gasteiger partial charge in [0.2, 0.25) is 17.7 Å². The summed E-state index contributed by atoms with van der Waals surface area (Å²) in [5.41, 5.74) is 0.655. The van der Waals surface area contributed by atoms with Crippen LogP contribution in [0.25, 0.3) is 0 Å². The van der Waals surface area contributed by atoms with Crippen molar-refractivity contribution in [2.24, 2.45) is 18.9 Å². The van der Waals surface area contributed by atoms with Gasteiger partial charge >= 0.3 is 6.18 Å². The summed E-state index contributed by atoms with van der Waals surface area (Å²) in [6.45, 7) is 0. The number of nitrogens with zero attached hydrogens (tertiary/aromatic N) is 3. The second-order valence-corrected chi connectivity index (χ2v) is 9.76. The second kappa shape index (κ2) is 10.7. The minimum atomic E-state index is -4.54. The van der Waals surface area contributed by atoms with Gasteiger partial charge in [0, 0.05) is 38.2 Å². The molecule has 1 aliphatic carbocycles. The lowest BCUT2D eigenvalue weighted by molar-refractivity contribution is -0.154. The first-order valence-corrected chi connectivity index (χ1v) is 12.1. The Labute approximate surface area is 214 Å². The third-order valence-corrected chi connectivity index (χ3v) is 7.02. The molecule has 0 spiro atoms. The minimum absolute atomic E-state index is 0.00215. The van der Waals surface area contributed by atoms with Gasteiger partial charge in [-0.2, -0.15) is 18.3 Å². The zero-order valence-electron chi connectivity index (χ0n) is 20.4. The Balaban J connectivity index is 1.47. The highest BCUT2D eigenvalue weighted by atomic mass is 19.4. The molecule has 1 saturated carbocycles. The van der Waals surface area contributed by atoms with Crippen molar-refractivity contribution in [3.8, 4) is 0 Å². The van der Waals surface area contributed by atoms with Gasteiger partial charge in [-0.25, -0.2) is 13.8 Å². The molecule has 2 aliphatic rings. The number of aromatic nitrogens is 3. The Morgan fingerprint density at radius 2 is 1.92 bits per heavy atom. The average molecular weight is 543 g/mol. The molecule has 2 fully saturated rings. The van der Waals surface area contributed by atoms with Crippen LogP contribution in [0.2, 0.25) is 0 Å². The van der Waals surface area contributed by atoms with Crippen LogP contribution in [0.4, 0.5) is 27.8 Å². The molecule has 2 aromatic heterocycles. The number of carbonyl (C=O) groups excluding carboxylic acids is 3. The van der Waals surface area contributed by atoms with Gasteiger partial charge < -0.3 is 16.0 Å². The maximum absolute atomic E-state index is 13.8. The number of anilines is 1. The van der Waals surface area contributed by atoms with E-state index in [0.717, 1.165) is 0 Å². The molecule has 3 N–H and O–H groups in total. The van der Waals surface area contributed by atoms with Crippen molar-refractivity contribution in [1.29, 1.82) is 0 Å². The first-order valence-electron chi connectivity index (χ1n) is 12.1. The normalized spacial score (nSPS) is 22.5. The summed E-state index contributed by atoms with van der Waals surface area (Å²) in [5.74, 6) is -6.22. The maximum atomic E-state index is 13.8. The van der Waals surface area contributed by atoms with E-state index in [2.05, 4.69) is 20.7 Å². The quantitative estimate of drug-likeness (QED) is 0.465. The van der Waals surface area contributed by atoms with Crippen molar-refractivity contribution in [2.75, 3.05) is 5.32 Å². The van der Waals surface area contributed by atoms with E-state index in [1.807, 2.05) is 5.32 Å². The van der Waals surface area contributed by atoms with Gasteiger partial charge in [-0.05, 0) is 55.4 Å². The van der Waals surface area contributed by atoms with Crippen molar-refractivity contribution in [3.63, 3.8) is 0 Å². The molecule has 2 aromatic rings. The van der Waals surface area contributed by atoms with Crippen molar-refractivity contribution >= 4 is 23.5 Å². The lowest BCUT2D eigenvalue weighted by Crippen LogP contribution is -2.50. The van der Waals surface area contributed by atoms with E-state index in [1.54, 1.807) is 7.05 Å². The van der Waals surface area contributed by atoms with Crippen LogP contribution >= 0.6 is 0 Å². The van der Waals surface area contributed by atoms with Crippen LogP contribution in [0.1, 0.15) is 48.2 Å². The third kappa shape index (κ3) is 6.45. The maximum Gasteiger partial charge on any atom is 0.408 e. The number of hydrogen-bond acceptors (Lipinski definition) is 5. The molecule has 9 nitrogen and oxygen atoms in total. The molecule has 0 bridgehead atoms. The number of aryl methyl sites for hydroxylation is 1. The number of amides is 3. The Morgan fingerprint density at radius 1 is 1.21 bits per heavy atom. The summed E-state index contributed by atoms with van der Waals surface area (Å²) in [7, 11) is 1.54. The van der Waals surface area contributed by atoms with E-state index in [-0.39, 0.29) is 30.8 Å². The van der Waals surface area contributed by atoms with Gasteiger partial charge in [0.1, 0.15) is 23.6 Å². The fourth-order valence-corrected chi connectivity index (χ4v) is 4.89. The first kappa shape index (κ1) is 27.5. The molecule has 3 atom stereocenters. The number of nitrogens with one attached hydrogen (secondary N) is 3. The van der Waals surface area contributed by atoms with Crippen LogP contribution < -0.4 is 16.0 Å². The van der Waals surface area contributed by atoms with Gasteiger partial charge in [-0.15, -0.1) is 0 Å². The lowest BCUT2D eigenvalue weighted by atomic mass is 9.81. The molecule has 0 aromatic carbocycles. The Bertz CT molecular complexity index is 1190. The molecule has 206 valence electrons. The monoisotopic (exact) mass is 542 g/mol. The molecule has 0 unspecified atom stereocenters. The summed E-state index contributed by atoms with van der Waals surface area (Å²) >= 11 is 0. The number of alkyl halides is 5. The molecule has 4 rings (SSSR count). The number of halogens is 5. The van der Waals surface area contributed by atoms with Crippen LogP contribution in [0.15, 0.2) is 30.6 Å². The molecule has 38 heavy (non-hydrogen) atoms. The highest BCUT2D eigenvalue weighted by molar-refractivity contribution is 6.00. The van der Waals surface area contributed by atoms with Gasteiger partial charge in [-0.3, -0.25) is 19.1 Å². The standard InChI is InChI=1S/C24H27F5N6O3/c1-35-16(5-9-31-35)21(37)34-19(14-2-6-23(25,26)7-3-14)22(38)33-18-11-13(4-8-30-18)10-15-12-17(24(27,28)29)32-20(15)36/h4-5,8-9,11,14-15,17,19H,2-3,6-7,10,12H2,1H3,(H,32,36)(H,34,37)(H,30,33,38)/t15-,17-,19+/m0/s1. The van der Waals surface area contributed by atoms with Crippen molar-refractivity contribution in [1.82, 2.24) is 25.4 Å². The molecular formula is C24H27F5N6O3. The summed E-state index contributed by atoms with van der Waals surface area (Å²) in [6.07, 6.45) is -3.00. The van der Waals surface area contributed by atoms with E-state index in [9.17, 15) is 36.3 Å². The molecule has 3 amide bonds. The molecule has 0 radical (unpaired) electrons. The fraction of sp³-hybridized carbons (Fsp3) is 0.542. The predicted molar refractivity (Wildman–Crippen MR) is 124 cm³/mol. The summed E-state index contributed by atoms with van der Waals surface area (Å²) in [5, 5.41) is 11.1. The molecule has 14 heteroatoms. The van der Waals surface area contributed by atoms with E-state index in [1.165, 1.54) is 35.3 Å². The number of pyridine rings is 1. The van der Waals surface area contributed by atoms with Crippen LogP contribution in [0.5, 0.6) is 0 Å². The number of carbonyl (C=O) groups is 3. The van der Waals surface area contributed by atoms with E-state index >= 15 is 0 Å². The molecule has 3 heterocycles. The smallest absolute Gasteiger partial charge is 0.344 e. The highest BCUT2D eigenvalue weighted by Crippen LogP contribution is 2.38. The average Bonchev–Trinajstić information content (AvgIpc) is 3.43. The second-order valence-electron chi connectivity index (χ2n) is 9.76. The first-order chi connectivity index (χ1) is 17.8. The Kier molecular flexibility index (Phi) is 7.70. The largest absolute Gasteiger partial charge is 0.408 e. The highest BCUT2D eigenvalue weighted by Gasteiger charge is 2.47. The van der Waals surface area contributed by atoms with Gasteiger partial charge in [0.05, 0.1) is 0 Å². The topological polar surface area (TPSA) is 118 Å². The van der Waals surface area contributed by atoms with E-state index < -0.39 is 73.0 Å². The SMILES string of the molecule is Cn1nccc1C(=O)N[C@@H](C(=O)Nc1cc(C[C@H]2C[C@@H](C(F)(F)F)NC2=O)ccn1)C1CCC(F)(F)CC1. The summed E-state index contributed by atoms with van der Waals surface area (Å²) < 4.78 is 67.8. The predicted octanol–water partition coefficient (Wildman–Crippen LogP) is 2.99. The number of hydrogen-bond donors (Lipinski definition) is 3. The van der Waals surface area contributed by atoms with E-state index in [4.69, 9.17) is 0 Å². The van der Waals surface area contributed by atoms with Gasteiger partial charge in [-0.1, -0.05) is 0 Å². The summed E-state index contributed by atoms with van der Waals surface area (Å²) in [6, 6.07) is 1.35. The van der Waals surface area contributed by atoms with Crippen LogP contribution in [-0.4, -0.2) is 56.7 Å². The lowest BCUT2D eigenvalue weighted by Gasteiger charge is -2.33. The van der Waals surface area contributed by atoms with Crippen LogP contribution in [0, 0.1) is 11.8 Å². The van der Waals surface area contributed by atoms with Crippen LogP contribution in [0.3, 0.4) is 0 Å². The zero-order chi connectivity index (χ0) is 27.7. The Hall–Kier alpha value is -3.58. The van der Waals surface area contributed by atoms with Gasteiger partial charge in [0.15, 0.2) is 0 Å². The zero-order valence-corrected chi connectivity index (χ0v) is 20.4.